The third kappa shape index (κ3) is 3.75. The summed E-state index contributed by atoms with van der Waals surface area (Å²) in [5.41, 5.74) is 1.08. The van der Waals surface area contributed by atoms with Crippen molar-refractivity contribution in [1.82, 2.24) is 0 Å². The van der Waals surface area contributed by atoms with E-state index >= 15 is 0 Å². The zero-order chi connectivity index (χ0) is 13.5. The van der Waals surface area contributed by atoms with Crippen LogP contribution < -0.4 is 9.64 Å². The molecule has 2 rings (SSSR count). The monoisotopic (exact) mass is 252 g/mol. The average Bonchev–Trinajstić information content (AvgIpc) is 2.46. The first-order valence-electron chi connectivity index (χ1n) is 6.20. The van der Waals surface area contributed by atoms with Gasteiger partial charge in [-0.3, -0.25) is 0 Å². The summed E-state index contributed by atoms with van der Waals surface area (Å²) >= 11 is 0. The van der Waals surface area contributed by atoms with Crippen LogP contribution in [0.5, 0.6) is 11.5 Å². The summed E-state index contributed by atoms with van der Waals surface area (Å²) in [6.45, 7) is 0.732. The molecule has 0 atom stereocenters. The summed E-state index contributed by atoms with van der Waals surface area (Å²) in [5, 5.41) is 8.57. The maximum Gasteiger partial charge on any atom is 0.127 e. The third-order valence-corrected chi connectivity index (χ3v) is 2.82. The highest BCUT2D eigenvalue weighted by Gasteiger charge is 2.01. The van der Waals surface area contributed by atoms with Crippen LogP contribution in [0, 0.1) is 11.3 Å². The predicted molar refractivity (Wildman–Crippen MR) is 76.5 cm³/mol. The van der Waals surface area contributed by atoms with E-state index < -0.39 is 0 Å². The zero-order valence-corrected chi connectivity index (χ0v) is 10.9. The molecule has 0 N–H and O–H groups in total. The molecule has 0 aromatic heterocycles. The molecule has 0 spiro atoms. The summed E-state index contributed by atoms with van der Waals surface area (Å²) < 4.78 is 5.72. The minimum Gasteiger partial charge on any atom is -0.457 e. The van der Waals surface area contributed by atoms with E-state index in [1.54, 1.807) is 0 Å². The molecule has 3 heteroatoms. The normalized spacial score (nSPS) is 9.68. The smallest absolute Gasteiger partial charge is 0.127 e. The van der Waals surface area contributed by atoms with Gasteiger partial charge in [0.2, 0.25) is 0 Å². The predicted octanol–water partition coefficient (Wildman–Crippen LogP) is 3.83. The van der Waals surface area contributed by atoms with E-state index in [9.17, 15) is 0 Å². The van der Waals surface area contributed by atoms with Crippen LogP contribution >= 0.6 is 0 Å². The molecule has 0 aliphatic carbocycles. The van der Waals surface area contributed by atoms with Crippen LogP contribution in [0.2, 0.25) is 0 Å². The summed E-state index contributed by atoms with van der Waals surface area (Å²) in [6.07, 6.45) is 0.527. The molecule has 0 aliphatic heterocycles. The molecule has 0 bridgehead atoms. The number of hydrogen-bond acceptors (Lipinski definition) is 3. The number of nitrogens with zero attached hydrogens (tertiary/aromatic N) is 2. The van der Waals surface area contributed by atoms with E-state index in [0.717, 1.165) is 23.7 Å². The Labute approximate surface area is 113 Å². The molecule has 19 heavy (non-hydrogen) atoms. The second-order valence-corrected chi connectivity index (χ2v) is 4.24. The van der Waals surface area contributed by atoms with Gasteiger partial charge in [-0.15, -0.1) is 0 Å². The number of ether oxygens (including phenoxy) is 1. The highest BCUT2D eigenvalue weighted by atomic mass is 16.5. The van der Waals surface area contributed by atoms with E-state index in [2.05, 4.69) is 11.0 Å². The van der Waals surface area contributed by atoms with Crippen LogP contribution in [0.15, 0.2) is 54.6 Å². The van der Waals surface area contributed by atoms with Crippen LogP contribution in [-0.4, -0.2) is 13.6 Å². The van der Waals surface area contributed by atoms with E-state index in [0.29, 0.717) is 6.42 Å². The van der Waals surface area contributed by atoms with Crippen LogP contribution in [0.4, 0.5) is 5.69 Å². The van der Waals surface area contributed by atoms with Gasteiger partial charge in [-0.1, -0.05) is 18.2 Å². The average molecular weight is 252 g/mol. The Balaban J connectivity index is 2.01. The lowest BCUT2D eigenvalue weighted by Gasteiger charge is -2.17. The van der Waals surface area contributed by atoms with Crippen molar-refractivity contribution in [2.24, 2.45) is 0 Å². The lowest BCUT2D eigenvalue weighted by Crippen LogP contribution is -2.17. The minimum atomic E-state index is 0.527. The van der Waals surface area contributed by atoms with Crippen molar-refractivity contribution in [3.63, 3.8) is 0 Å². The second-order valence-electron chi connectivity index (χ2n) is 4.24. The standard InChI is InChI=1S/C16H16N2O/c1-18(13-5-12-17)14-8-10-16(11-9-14)19-15-6-3-2-4-7-15/h2-4,6-11H,5,13H2,1H3. The van der Waals surface area contributed by atoms with Crippen molar-refractivity contribution in [1.29, 1.82) is 5.26 Å². The molecule has 0 saturated heterocycles. The SMILES string of the molecule is CN(CCC#N)c1ccc(Oc2ccccc2)cc1. The number of hydrogen-bond donors (Lipinski definition) is 0. The molecular formula is C16H16N2O. The first-order chi connectivity index (χ1) is 9.29. The van der Waals surface area contributed by atoms with Gasteiger partial charge in [0.05, 0.1) is 12.5 Å². The maximum absolute atomic E-state index is 8.57. The molecule has 2 aromatic carbocycles. The van der Waals surface area contributed by atoms with Crippen molar-refractivity contribution >= 4 is 5.69 Å². The van der Waals surface area contributed by atoms with Gasteiger partial charge in [-0.2, -0.15) is 5.26 Å². The van der Waals surface area contributed by atoms with E-state index in [-0.39, 0.29) is 0 Å². The Morgan fingerprint density at radius 3 is 2.26 bits per heavy atom. The number of anilines is 1. The number of rotatable bonds is 5. The Morgan fingerprint density at radius 2 is 1.63 bits per heavy atom. The lowest BCUT2D eigenvalue weighted by molar-refractivity contribution is 0.482. The second kappa shape index (κ2) is 6.46. The van der Waals surface area contributed by atoms with Gasteiger partial charge in [0, 0.05) is 19.3 Å². The van der Waals surface area contributed by atoms with Crippen molar-refractivity contribution < 1.29 is 4.74 Å². The topological polar surface area (TPSA) is 36.3 Å². The van der Waals surface area contributed by atoms with E-state index in [1.807, 2.05) is 61.6 Å². The highest BCUT2D eigenvalue weighted by molar-refractivity contribution is 5.49. The van der Waals surface area contributed by atoms with Crippen LogP contribution in [0.25, 0.3) is 0 Å². The maximum atomic E-state index is 8.57. The van der Waals surface area contributed by atoms with Crippen molar-refractivity contribution in [3.8, 4) is 17.6 Å². The Bertz CT molecular complexity index is 543. The van der Waals surface area contributed by atoms with Gasteiger partial charge >= 0.3 is 0 Å². The molecule has 0 fully saturated rings. The van der Waals surface area contributed by atoms with Gasteiger partial charge in [0.15, 0.2) is 0 Å². The first kappa shape index (κ1) is 13.0. The Hall–Kier alpha value is -2.47. The summed E-state index contributed by atoms with van der Waals surface area (Å²) in [6, 6.07) is 19.7. The quantitative estimate of drug-likeness (QED) is 0.811. The molecule has 96 valence electrons. The molecule has 0 heterocycles. The number of para-hydroxylation sites is 1. The zero-order valence-electron chi connectivity index (χ0n) is 10.9. The van der Waals surface area contributed by atoms with Crippen LogP contribution in [-0.2, 0) is 0 Å². The van der Waals surface area contributed by atoms with E-state index in [4.69, 9.17) is 10.00 Å². The Kier molecular flexibility index (Phi) is 4.41. The first-order valence-corrected chi connectivity index (χ1v) is 6.20. The lowest BCUT2D eigenvalue weighted by atomic mass is 10.2. The molecular weight excluding hydrogens is 236 g/mol. The van der Waals surface area contributed by atoms with Crippen molar-refractivity contribution in [2.45, 2.75) is 6.42 Å². The highest BCUT2D eigenvalue weighted by Crippen LogP contribution is 2.23. The van der Waals surface area contributed by atoms with Gasteiger partial charge < -0.3 is 9.64 Å². The number of benzene rings is 2. The Morgan fingerprint density at radius 1 is 1.00 bits per heavy atom. The van der Waals surface area contributed by atoms with Gasteiger partial charge in [0.25, 0.3) is 0 Å². The summed E-state index contributed by atoms with van der Waals surface area (Å²) in [7, 11) is 1.98. The van der Waals surface area contributed by atoms with Gasteiger partial charge in [-0.25, -0.2) is 0 Å². The molecule has 2 aromatic rings. The molecule has 0 unspecified atom stereocenters. The van der Waals surface area contributed by atoms with Crippen LogP contribution in [0.1, 0.15) is 6.42 Å². The van der Waals surface area contributed by atoms with Gasteiger partial charge in [-0.05, 0) is 36.4 Å². The number of nitriles is 1. The molecule has 3 nitrogen and oxygen atoms in total. The van der Waals surface area contributed by atoms with Gasteiger partial charge in [0.1, 0.15) is 11.5 Å². The van der Waals surface area contributed by atoms with Crippen molar-refractivity contribution in [3.05, 3.63) is 54.6 Å². The fraction of sp³-hybridized carbons (Fsp3) is 0.188. The summed E-state index contributed by atoms with van der Waals surface area (Å²) in [4.78, 5) is 2.05. The van der Waals surface area contributed by atoms with Crippen molar-refractivity contribution in [2.75, 3.05) is 18.5 Å². The molecule has 0 radical (unpaired) electrons. The molecule has 0 amide bonds. The fourth-order valence-electron chi connectivity index (χ4n) is 1.74. The third-order valence-electron chi connectivity index (χ3n) is 2.82. The minimum absolute atomic E-state index is 0.527. The largest absolute Gasteiger partial charge is 0.457 e. The summed E-state index contributed by atoms with van der Waals surface area (Å²) in [5.74, 6) is 1.64. The van der Waals surface area contributed by atoms with E-state index in [1.165, 1.54) is 0 Å². The fourth-order valence-corrected chi connectivity index (χ4v) is 1.74. The van der Waals surface area contributed by atoms with Crippen LogP contribution in [0.3, 0.4) is 0 Å². The molecule has 0 aliphatic rings. The molecule has 0 saturated carbocycles.